The van der Waals surface area contributed by atoms with Crippen LogP contribution in [0.15, 0.2) is 42.5 Å². The molecule has 0 unspecified atom stereocenters. The number of nitrogens with one attached hydrogen (secondary N) is 2. The lowest BCUT2D eigenvalue weighted by atomic mass is 10.0. The van der Waals surface area contributed by atoms with Crippen LogP contribution in [0.2, 0.25) is 0 Å². The van der Waals surface area contributed by atoms with Gasteiger partial charge >= 0.3 is 0 Å². The van der Waals surface area contributed by atoms with E-state index in [2.05, 4.69) is 15.5 Å². The average molecular weight is 426 g/mol. The van der Waals surface area contributed by atoms with Gasteiger partial charge in [0.15, 0.2) is 0 Å². The molecule has 2 aromatic rings. The van der Waals surface area contributed by atoms with Crippen LogP contribution >= 0.6 is 0 Å². The molecule has 6 heteroatoms. The fraction of sp³-hybridized carbons (Fsp3) is 0.440. The van der Waals surface area contributed by atoms with E-state index in [9.17, 15) is 14.0 Å². The number of anilines is 2. The molecule has 3 rings (SSSR count). The lowest BCUT2D eigenvalue weighted by molar-refractivity contribution is -0.116. The Bertz CT molecular complexity index is 892. The van der Waals surface area contributed by atoms with Crippen LogP contribution in [-0.4, -0.2) is 36.3 Å². The molecule has 0 bridgehead atoms. The fourth-order valence-corrected chi connectivity index (χ4v) is 3.97. The van der Waals surface area contributed by atoms with Gasteiger partial charge in [0.25, 0.3) is 0 Å². The lowest BCUT2D eigenvalue weighted by Gasteiger charge is -2.19. The van der Waals surface area contributed by atoms with Crippen LogP contribution in [0.3, 0.4) is 0 Å². The van der Waals surface area contributed by atoms with E-state index in [0.29, 0.717) is 17.7 Å². The van der Waals surface area contributed by atoms with Crippen molar-refractivity contribution in [1.82, 2.24) is 4.90 Å². The summed E-state index contributed by atoms with van der Waals surface area (Å²) in [7, 11) is 0. The molecule has 166 valence electrons. The van der Waals surface area contributed by atoms with Crippen molar-refractivity contribution in [3.05, 3.63) is 48.3 Å². The summed E-state index contributed by atoms with van der Waals surface area (Å²) in [6, 6.07) is 12.0. The molecule has 1 saturated heterocycles. The number of halogens is 1. The Morgan fingerprint density at radius 1 is 0.935 bits per heavy atom. The molecule has 1 aliphatic rings. The highest BCUT2D eigenvalue weighted by Gasteiger charge is 2.11. The van der Waals surface area contributed by atoms with Crippen LogP contribution in [-0.2, 0) is 9.59 Å². The second-order valence-electron chi connectivity index (χ2n) is 8.22. The van der Waals surface area contributed by atoms with Gasteiger partial charge in [-0.2, -0.15) is 0 Å². The summed E-state index contributed by atoms with van der Waals surface area (Å²) in [6.07, 6.45) is 7.37. The number of benzene rings is 2. The molecular weight excluding hydrogens is 393 g/mol. The number of hydrogen-bond donors (Lipinski definition) is 2. The molecule has 0 spiro atoms. The summed E-state index contributed by atoms with van der Waals surface area (Å²) < 4.78 is 14.6. The number of amides is 2. The standard InChI is InChI=1S/C25H32FN3O2/c1-19(30)27-22-10-8-9-20(17-22)21-12-13-24(23(26)18-21)28-25(31)11-4-7-16-29-14-5-2-3-6-15-29/h8-10,12-13,17-18H,2-7,11,14-16H2,1H3,(H,27,30)(H,28,31). The maximum Gasteiger partial charge on any atom is 0.224 e. The minimum Gasteiger partial charge on any atom is -0.326 e. The highest BCUT2D eigenvalue weighted by Crippen LogP contribution is 2.26. The molecule has 2 aromatic carbocycles. The Hall–Kier alpha value is -2.73. The minimum absolute atomic E-state index is 0.157. The van der Waals surface area contributed by atoms with E-state index in [1.165, 1.54) is 38.7 Å². The van der Waals surface area contributed by atoms with E-state index in [-0.39, 0.29) is 17.5 Å². The number of carbonyl (C=O) groups excluding carboxylic acids is 2. The summed E-state index contributed by atoms with van der Waals surface area (Å²) in [5.41, 5.74) is 2.32. The molecule has 0 radical (unpaired) electrons. The number of nitrogens with zero attached hydrogens (tertiary/aromatic N) is 1. The van der Waals surface area contributed by atoms with E-state index in [0.717, 1.165) is 38.0 Å². The van der Waals surface area contributed by atoms with Crippen molar-refractivity contribution in [2.75, 3.05) is 30.3 Å². The Balaban J connectivity index is 1.49. The molecule has 0 saturated carbocycles. The topological polar surface area (TPSA) is 61.4 Å². The second-order valence-corrected chi connectivity index (χ2v) is 8.22. The average Bonchev–Trinajstić information content (AvgIpc) is 3.01. The van der Waals surface area contributed by atoms with Crippen molar-refractivity contribution in [2.24, 2.45) is 0 Å². The summed E-state index contributed by atoms with van der Waals surface area (Å²) >= 11 is 0. The number of carbonyl (C=O) groups is 2. The second kappa shape index (κ2) is 11.6. The molecule has 5 nitrogen and oxygen atoms in total. The number of hydrogen-bond acceptors (Lipinski definition) is 3. The zero-order chi connectivity index (χ0) is 22.1. The number of likely N-dealkylation sites (tertiary alicyclic amines) is 1. The first kappa shape index (κ1) is 22.9. The zero-order valence-corrected chi connectivity index (χ0v) is 18.3. The van der Waals surface area contributed by atoms with E-state index >= 15 is 0 Å². The lowest BCUT2D eigenvalue weighted by Crippen LogP contribution is -2.25. The fourth-order valence-electron chi connectivity index (χ4n) is 3.97. The number of rotatable bonds is 8. The molecule has 2 amide bonds. The molecular formula is C25H32FN3O2. The molecule has 2 N–H and O–H groups in total. The van der Waals surface area contributed by atoms with Gasteiger partial charge in [-0.3, -0.25) is 9.59 Å². The van der Waals surface area contributed by atoms with Crippen molar-refractivity contribution >= 4 is 23.2 Å². The summed E-state index contributed by atoms with van der Waals surface area (Å²) in [5.74, 6) is -0.789. The third-order valence-electron chi connectivity index (χ3n) is 5.59. The molecule has 1 fully saturated rings. The third-order valence-corrected chi connectivity index (χ3v) is 5.59. The van der Waals surface area contributed by atoms with Crippen molar-refractivity contribution in [1.29, 1.82) is 0 Å². The summed E-state index contributed by atoms with van der Waals surface area (Å²) in [5, 5.41) is 5.41. The van der Waals surface area contributed by atoms with Crippen LogP contribution < -0.4 is 10.6 Å². The molecule has 0 atom stereocenters. The quantitative estimate of drug-likeness (QED) is 0.554. The summed E-state index contributed by atoms with van der Waals surface area (Å²) in [4.78, 5) is 26.0. The highest BCUT2D eigenvalue weighted by molar-refractivity contribution is 5.91. The van der Waals surface area contributed by atoms with Gasteiger partial charge in [0.2, 0.25) is 11.8 Å². The van der Waals surface area contributed by atoms with Gasteiger partial charge in [-0.25, -0.2) is 4.39 Å². The van der Waals surface area contributed by atoms with Gasteiger partial charge in [-0.15, -0.1) is 0 Å². The van der Waals surface area contributed by atoms with E-state index < -0.39 is 5.82 Å². The smallest absolute Gasteiger partial charge is 0.224 e. The van der Waals surface area contributed by atoms with Crippen LogP contribution in [0.25, 0.3) is 11.1 Å². The van der Waals surface area contributed by atoms with E-state index in [1.54, 1.807) is 30.3 Å². The molecule has 31 heavy (non-hydrogen) atoms. The van der Waals surface area contributed by atoms with Gasteiger partial charge in [0.1, 0.15) is 5.82 Å². The van der Waals surface area contributed by atoms with Crippen LogP contribution in [0.5, 0.6) is 0 Å². The van der Waals surface area contributed by atoms with Gasteiger partial charge < -0.3 is 15.5 Å². The van der Waals surface area contributed by atoms with E-state index in [4.69, 9.17) is 0 Å². The highest BCUT2D eigenvalue weighted by atomic mass is 19.1. The first-order valence-electron chi connectivity index (χ1n) is 11.2. The minimum atomic E-state index is -0.472. The van der Waals surface area contributed by atoms with Gasteiger partial charge in [0.05, 0.1) is 5.69 Å². The van der Waals surface area contributed by atoms with Gasteiger partial charge in [-0.1, -0.05) is 31.0 Å². The predicted molar refractivity (Wildman–Crippen MR) is 124 cm³/mol. The summed E-state index contributed by atoms with van der Waals surface area (Å²) in [6.45, 7) is 4.81. The van der Waals surface area contributed by atoms with Crippen molar-refractivity contribution in [3.8, 4) is 11.1 Å². The first-order valence-corrected chi connectivity index (χ1v) is 11.2. The maximum atomic E-state index is 14.6. The third kappa shape index (κ3) is 7.47. The molecule has 1 aliphatic heterocycles. The zero-order valence-electron chi connectivity index (χ0n) is 18.3. The SMILES string of the molecule is CC(=O)Nc1cccc(-c2ccc(NC(=O)CCCCN3CCCCCC3)c(F)c2)c1. The molecule has 1 heterocycles. The first-order chi connectivity index (χ1) is 15.0. The van der Waals surface area contributed by atoms with Gasteiger partial charge in [-0.05, 0) is 80.7 Å². The molecule has 0 aromatic heterocycles. The Kier molecular flexibility index (Phi) is 8.59. The van der Waals surface area contributed by atoms with Gasteiger partial charge in [0, 0.05) is 19.0 Å². The van der Waals surface area contributed by atoms with Crippen LogP contribution in [0.1, 0.15) is 51.9 Å². The normalized spacial score (nSPS) is 14.6. The molecule has 0 aliphatic carbocycles. The Morgan fingerprint density at radius 2 is 1.68 bits per heavy atom. The Morgan fingerprint density at radius 3 is 2.39 bits per heavy atom. The predicted octanol–water partition coefficient (Wildman–Crippen LogP) is 5.44. The van der Waals surface area contributed by atoms with Crippen LogP contribution in [0.4, 0.5) is 15.8 Å². The van der Waals surface area contributed by atoms with Crippen molar-refractivity contribution in [3.63, 3.8) is 0 Å². The van der Waals surface area contributed by atoms with E-state index in [1.807, 2.05) is 6.07 Å². The maximum absolute atomic E-state index is 14.6. The monoisotopic (exact) mass is 425 g/mol. The largest absolute Gasteiger partial charge is 0.326 e. The van der Waals surface area contributed by atoms with Crippen molar-refractivity contribution < 1.29 is 14.0 Å². The number of unbranched alkanes of at least 4 members (excludes halogenated alkanes) is 1. The van der Waals surface area contributed by atoms with Crippen LogP contribution in [0, 0.1) is 5.82 Å². The Labute approximate surface area is 184 Å². The van der Waals surface area contributed by atoms with Crippen molar-refractivity contribution in [2.45, 2.75) is 51.9 Å².